The average Bonchev–Trinajstić information content (AvgIpc) is 3.36. The summed E-state index contributed by atoms with van der Waals surface area (Å²) in [6.45, 7) is 0.601. The van der Waals surface area contributed by atoms with Crippen molar-refractivity contribution in [1.82, 2.24) is 10.1 Å². The number of anilines is 1. The van der Waals surface area contributed by atoms with Crippen molar-refractivity contribution in [2.75, 3.05) is 24.6 Å². The highest BCUT2D eigenvalue weighted by molar-refractivity contribution is 7.92. The topological polar surface area (TPSA) is 104 Å². The van der Waals surface area contributed by atoms with Gasteiger partial charge in [0.1, 0.15) is 25.5 Å². The number of benzene rings is 3. The van der Waals surface area contributed by atoms with Gasteiger partial charge in [-0.25, -0.2) is 8.42 Å². The van der Waals surface area contributed by atoms with Gasteiger partial charge in [0.05, 0.1) is 17.7 Å². The third-order valence-corrected chi connectivity index (χ3v) is 7.01. The van der Waals surface area contributed by atoms with Crippen molar-refractivity contribution >= 4 is 15.7 Å². The van der Waals surface area contributed by atoms with Crippen LogP contribution >= 0.6 is 0 Å². The lowest BCUT2D eigenvalue weighted by Gasteiger charge is -2.24. The molecular formula is C24H21N3O6S. The van der Waals surface area contributed by atoms with Crippen LogP contribution in [0.2, 0.25) is 0 Å². The van der Waals surface area contributed by atoms with Gasteiger partial charge < -0.3 is 18.7 Å². The first kappa shape index (κ1) is 21.8. The first-order chi connectivity index (χ1) is 16.5. The fourth-order valence-electron chi connectivity index (χ4n) is 3.52. The van der Waals surface area contributed by atoms with Crippen molar-refractivity contribution in [3.63, 3.8) is 0 Å². The van der Waals surface area contributed by atoms with E-state index in [1.54, 1.807) is 37.4 Å². The molecule has 2 heterocycles. The second-order valence-corrected chi connectivity index (χ2v) is 9.26. The molecule has 0 radical (unpaired) electrons. The van der Waals surface area contributed by atoms with Gasteiger partial charge in [-0.1, -0.05) is 35.5 Å². The van der Waals surface area contributed by atoms with Gasteiger partial charge in [0.15, 0.2) is 11.5 Å². The monoisotopic (exact) mass is 479 g/mol. The molecule has 0 unspecified atom stereocenters. The summed E-state index contributed by atoms with van der Waals surface area (Å²) in [5.41, 5.74) is 1.18. The molecule has 1 aromatic heterocycles. The molecule has 0 spiro atoms. The van der Waals surface area contributed by atoms with E-state index in [2.05, 4.69) is 10.1 Å². The average molecular weight is 480 g/mol. The fourth-order valence-corrected chi connectivity index (χ4v) is 4.95. The summed E-state index contributed by atoms with van der Waals surface area (Å²) >= 11 is 0. The van der Waals surface area contributed by atoms with Gasteiger partial charge in [0.25, 0.3) is 10.0 Å². The summed E-state index contributed by atoms with van der Waals surface area (Å²) in [5, 5.41) is 4.01. The molecule has 0 saturated carbocycles. The SMILES string of the molecule is COc1ccc(N(Cc2nc(-c3ccccc3)no2)S(=O)(=O)c2ccc3c(c2)OCCO3)cc1. The summed E-state index contributed by atoms with van der Waals surface area (Å²) < 4.78 is 50.4. The molecule has 9 nitrogen and oxygen atoms in total. The Bertz CT molecular complexity index is 1390. The van der Waals surface area contributed by atoms with Crippen LogP contribution in [0.5, 0.6) is 17.2 Å². The van der Waals surface area contributed by atoms with Crippen molar-refractivity contribution in [1.29, 1.82) is 0 Å². The fraction of sp³-hybridized carbons (Fsp3) is 0.167. The Morgan fingerprint density at radius 1 is 0.941 bits per heavy atom. The number of rotatable bonds is 7. The van der Waals surface area contributed by atoms with Gasteiger partial charge >= 0.3 is 0 Å². The molecule has 34 heavy (non-hydrogen) atoms. The van der Waals surface area contributed by atoms with Gasteiger partial charge in [0.2, 0.25) is 11.7 Å². The van der Waals surface area contributed by atoms with Crippen LogP contribution in [-0.2, 0) is 16.6 Å². The number of sulfonamides is 1. The van der Waals surface area contributed by atoms with Crippen molar-refractivity contribution in [3.05, 3.63) is 78.7 Å². The second-order valence-electron chi connectivity index (χ2n) is 7.39. The minimum absolute atomic E-state index is 0.0513. The molecule has 4 aromatic rings. The number of aromatic nitrogens is 2. The summed E-state index contributed by atoms with van der Waals surface area (Å²) in [6, 6.07) is 20.5. The second kappa shape index (κ2) is 9.06. The normalized spacial score (nSPS) is 12.9. The van der Waals surface area contributed by atoms with E-state index < -0.39 is 10.0 Å². The Morgan fingerprint density at radius 2 is 1.68 bits per heavy atom. The first-order valence-corrected chi connectivity index (χ1v) is 11.9. The van der Waals surface area contributed by atoms with Crippen LogP contribution < -0.4 is 18.5 Å². The molecule has 1 aliphatic heterocycles. The number of hydrogen-bond acceptors (Lipinski definition) is 8. The predicted molar refractivity (Wildman–Crippen MR) is 124 cm³/mol. The molecule has 0 N–H and O–H groups in total. The van der Waals surface area contributed by atoms with Gasteiger partial charge in [-0.3, -0.25) is 4.31 Å². The predicted octanol–water partition coefficient (Wildman–Crippen LogP) is 3.91. The molecule has 0 atom stereocenters. The van der Waals surface area contributed by atoms with E-state index in [0.29, 0.717) is 42.0 Å². The lowest BCUT2D eigenvalue weighted by molar-refractivity contribution is 0.171. The number of ether oxygens (including phenoxy) is 3. The standard InChI is InChI=1S/C24H21N3O6S/c1-30-19-9-7-18(8-10-19)27(16-23-25-24(26-33-23)17-5-3-2-4-6-17)34(28,29)20-11-12-21-22(15-20)32-14-13-31-21/h2-12,15H,13-14,16H2,1H3. The molecule has 174 valence electrons. The maximum absolute atomic E-state index is 13.8. The van der Waals surface area contributed by atoms with Gasteiger partial charge in [0, 0.05) is 11.6 Å². The Labute approximate surface area is 196 Å². The zero-order valence-corrected chi connectivity index (χ0v) is 19.1. The van der Waals surface area contributed by atoms with E-state index in [0.717, 1.165) is 5.56 Å². The Hall–Kier alpha value is -4.05. The molecule has 1 aliphatic rings. The van der Waals surface area contributed by atoms with Crippen LogP contribution in [0.3, 0.4) is 0 Å². The van der Waals surface area contributed by atoms with Crippen molar-refractivity contribution < 1.29 is 27.2 Å². The van der Waals surface area contributed by atoms with Crippen LogP contribution in [0.1, 0.15) is 5.89 Å². The lowest BCUT2D eigenvalue weighted by atomic mass is 10.2. The number of nitrogens with zero attached hydrogens (tertiary/aromatic N) is 3. The number of methoxy groups -OCH3 is 1. The van der Waals surface area contributed by atoms with E-state index >= 15 is 0 Å². The summed E-state index contributed by atoms with van der Waals surface area (Å²) in [7, 11) is -2.49. The maximum atomic E-state index is 13.8. The third kappa shape index (κ3) is 4.27. The smallest absolute Gasteiger partial charge is 0.264 e. The molecule has 10 heteroatoms. The molecule has 0 amide bonds. The van der Waals surface area contributed by atoms with E-state index in [1.807, 2.05) is 30.3 Å². The van der Waals surface area contributed by atoms with Gasteiger partial charge in [-0.05, 0) is 36.4 Å². The van der Waals surface area contributed by atoms with E-state index in [-0.39, 0.29) is 17.3 Å². The minimum Gasteiger partial charge on any atom is -0.497 e. The Kier molecular flexibility index (Phi) is 5.81. The molecule has 0 bridgehead atoms. The molecule has 3 aromatic carbocycles. The summed E-state index contributed by atoms with van der Waals surface area (Å²) in [6.07, 6.45) is 0. The Balaban J connectivity index is 1.52. The van der Waals surface area contributed by atoms with E-state index in [4.69, 9.17) is 18.7 Å². The maximum Gasteiger partial charge on any atom is 0.264 e. The van der Waals surface area contributed by atoms with Crippen LogP contribution in [0.4, 0.5) is 5.69 Å². The Morgan fingerprint density at radius 3 is 2.41 bits per heavy atom. The molecule has 0 saturated heterocycles. The van der Waals surface area contributed by atoms with Crippen molar-refractivity contribution in [2.24, 2.45) is 0 Å². The highest BCUT2D eigenvalue weighted by Crippen LogP contribution is 2.35. The molecule has 0 aliphatic carbocycles. The van der Waals surface area contributed by atoms with Gasteiger partial charge in [-0.2, -0.15) is 4.98 Å². The lowest BCUT2D eigenvalue weighted by Crippen LogP contribution is -2.31. The zero-order valence-electron chi connectivity index (χ0n) is 18.2. The summed E-state index contributed by atoms with van der Waals surface area (Å²) in [5.74, 6) is 2.01. The van der Waals surface area contributed by atoms with Crippen LogP contribution in [-0.4, -0.2) is 38.9 Å². The van der Waals surface area contributed by atoms with Crippen molar-refractivity contribution in [2.45, 2.75) is 11.4 Å². The third-order valence-electron chi connectivity index (χ3n) is 5.24. The van der Waals surface area contributed by atoms with E-state index in [1.165, 1.54) is 16.4 Å². The molecular weight excluding hydrogens is 458 g/mol. The van der Waals surface area contributed by atoms with Crippen LogP contribution in [0.15, 0.2) is 82.2 Å². The zero-order chi connectivity index (χ0) is 23.5. The number of fused-ring (bicyclic) bond motifs is 1. The minimum atomic E-state index is -4.03. The van der Waals surface area contributed by atoms with Crippen LogP contribution in [0, 0.1) is 0 Å². The largest absolute Gasteiger partial charge is 0.497 e. The van der Waals surface area contributed by atoms with Gasteiger partial charge in [-0.15, -0.1) is 0 Å². The molecule has 0 fully saturated rings. The number of hydrogen-bond donors (Lipinski definition) is 0. The quantitative estimate of drug-likeness (QED) is 0.393. The first-order valence-electron chi connectivity index (χ1n) is 10.5. The van der Waals surface area contributed by atoms with E-state index in [9.17, 15) is 8.42 Å². The highest BCUT2D eigenvalue weighted by atomic mass is 32.2. The highest BCUT2D eigenvalue weighted by Gasteiger charge is 2.29. The summed E-state index contributed by atoms with van der Waals surface area (Å²) in [4.78, 5) is 4.45. The van der Waals surface area contributed by atoms with Crippen molar-refractivity contribution in [3.8, 4) is 28.6 Å². The van der Waals surface area contributed by atoms with Crippen LogP contribution in [0.25, 0.3) is 11.4 Å². The molecule has 5 rings (SSSR count).